The minimum absolute atomic E-state index is 0.222. The third-order valence-electron chi connectivity index (χ3n) is 3.72. The van der Waals surface area contributed by atoms with Crippen molar-refractivity contribution in [3.8, 4) is 0 Å². The highest BCUT2D eigenvalue weighted by atomic mass is 32.3. The Kier molecular flexibility index (Phi) is 4.98. The maximum absolute atomic E-state index is 11.9. The van der Waals surface area contributed by atoms with Gasteiger partial charge in [0, 0.05) is 6.20 Å². The van der Waals surface area contributed by atoms with Gasteiger partial charge in [0.25, 0.3) is 0 Å². The molecule has 4 atom stereocenters. The van der Waals surface area contributed by atoms with Crippen molar-refractivity contribution >= 4 is 20.7 Å². The zero-order chi connectivity index (χ0) is 19.2. The molecule has 14 heteroatoms. The standard InChI is InChI=1S/C12H19NO11S2/c1-11(2)21-10-9-8(22-26(16,17)23-9)6-19-12(10,24-11)7-20-25(14,15)13-4-5-18-3/h4-5,8-10,13H,6-7H2,1-3H3/t8-,9-,10+,12+/m1/s1. The molecule has 0 amide bonds. The first-order chi connectivity index (χ1) is 12.0. The highest BCUT2D eigenvalue weighted by Gasteiger charge is 2.66. The van der Waals surface area contributed by atoms with Gasteiger partial charge in [0.05, 0.1) is 20.0 Å². The van der Waals surface area contributed by atoms with Gasteiger partial charge in [0.2, 0.25) is 5.79 Å². The second-order valence-electron chi connectivity index (χ2n) is 6.14. The van der Waals surface area contributed by atoms with Crippen LogP contribution in [0.15, 0.2) is 12.5 Å². The maximum atomic E-state index is 11.9. The van der Waals surface area contributed by atoms with Crippen LogP contribution in [0.5, 0.6) is 0 Å². The number of hydrogen-bond acceptors (Lipinski definition) is 11. The summed E-state index contributed by atoms with van der Waals surface area (Å²) < 4.78 is 85.0. The lowest BCUT2D eigenvalue weighted by Gasteiger charge is -2.39. The van der Waals surface area contributed by atoms with Crippen LogP contribution in [0.1, 0.15) is 13.8 Å². The first-order valence-corrected chi connectivity index (χ1v) is 10.2. The summed E-state index contributed by atoms with van der Waals surface area (Å²) in [5, 5.41) is 0. The highest BCUT2D eigenvalue weighted by Crippen LogP contribution is 2.46. The molecule has 3 heterocycles. The number of nitrogens with one attached hydrogen (secondary N) is 1. The summed E-state index contributed by atoms with van der Waals surface area (Å²) in [4.78, 5) is 0. The summed E-state index contributed by atoms with van der Waals surface area (Å²) in [7, 11) is -7.06. The Bertz CT molecular complexity index is 777. The highest BCUT2D eigenvalue weighted by molar-refractivity contribution is 7.84. The molecule has 0 saturated carbocycles. The van der Waals surface area contributed by atoms with Gasteiger partial charge in [0.1, 0.15) is 24.9 Å². The van der Waals surface area contributed by atoms with E-state index in [1.54, 1.807) is 13.8 Å². The Labute approximate surface area is 150 Å². The monoisotopic (exact) mass is 417 g/mol. The zero-order valence-corrected chi connectivity index (χ0v) is 15.7. The minimum Gasteiger partial charge on any atom is -0.503 e. The molecule has 1 N–H and O–H groups in total. The Morgan fingerprint density at radius 1 is 1.31 bits per heavy atom. The number of fused-ring (bicyclic) bond motifs is 3. The van der Waals surface area contributed by atoms with Gasteiger partial charge < -0.3 is 18.9 Å². The van der Waals surface area contributed by atoms with Gasteiger partial charge in [-0.05, 0) is 13.8 Å². The molecule has 0 bridgehead atoms. The molecular weight excluding hydrogens is 398 g/mol. The van der Waals surface area contributed by atoms with Crippen LogP contribution >= 0.6 is 0 Å². The van der Waals surface area contributed by atoms with E-state index in [4.69, 9.17) is 26.8 Å². The number of rotatable bonds is 6. The van der Waals surface area contributed by atoms with E-state index < -0.39 is 57.2 Å². The number of methoxy groups -OCH3 is 1. The second-order valence-corrected chi connectivity index (χ2v) is 8.72. The van der Waals surface area contributed by atoms with Crippen molar-refractivity contribution in [2.24, 2.45) is 0 Å². The largest absolute Gasteiger partial charge is 0.503 e. The Balaban J connectivity index is 1.79. The van der Waals surface area contributed by atoms with Gasteiger partial charge in [0.15, 0.2) is 5.79 Å². The molecule has 3 saturated heterocycles. The number of ether oxygens (including phenoxy) is 4. The molecule has 3 rings (SSSR count). The van der Waals surface area contributed by atoms with Crippen molar-refractivity contribution in [1.82, 2.24) is 4.72 Å². The molecule has 3 aliphatic rings. The summed E-state index contributed by atoms with van der Waals surface area (Å²) in [6, 6.07) is 0. The molecule has 0 unspecified atom stereocenters. The average molecular weight is 417 g/mol. The van der Waals surface area contributed by atoms with Gasteiger partial charge in [-0.2, -0.15) is 16.8 Å². The van der Waals surface area contributed by atoms with Crippen LogP contribution in [0, 0.1) is 0 Å². The summed E-state index contributed by atoms with van der Waals surface area (Å²) in [6.07, 6.45) is -0.994. The molecule has 0 aromatic rings. The first kappa shape index (κ1) is 19.8. The van der Waals surface area contributed by atoms with Crippen molar-refractivity contribution in [3.05, 3.63) is 12.5 Å². The summed E-state index contributed by atoms with van der Waals surface area (Å²) in [5.74, 6) is -2.90. The molecule has 0 spiro atoms. The minimum atomic E-state index is -4.20. The molecule has 0 aromatic carbocycles. The molecular formula is C12H19NO11S2. The SMILES string of the molecule is COC=CNS(=O)(=O)OC[C@@]12OC[C@H]3OS(=O)(=O)O[C@H]3[C@@H]1OC(C)(C)O2. The van der Waals surface area contributed by atoms with Gasteiger partial charge >= 0.3 is 20.7 Å². The molecule has 0 aliphatic carbocycles. The van der Waals surface area contributed by atoms with Crippen LogP contribution in [-0.2, 0) is 52.2 Å². The zero-order valence-electron chi connectivity index (χ0n) is 14.1. The molecule has 26 heavy (non-hydrogen) atoms. The van der Waals surface area contributed by atoms with Gasteiger partial charge in [-0.25, -0.2) is 12.5 Å². The summed E-state index contributed by atoms with van der Waals surface area (Å²) in [6.45, 7) is 2.29. The molecule has 3 aliphatic heterocycles. The van der Waals surface area contributed by atoms with Crippen molar-refractivity contribution in [1.29, 1.82) is 0 Å². The smallest absolute Gasteiger partial charge is 0.400 e. The molecule has 150 valence electrons. The normalized spacial score (nSPS) is 38.0. The third kappa shape index (κ3) is 3.96. The van der Waals surface area contributed by atoms with Crippen molar-refractivity contribution in [2.75, 3.05) is 20.3 Å². The predicted octanol–water partition coefficient (Wildman–Crippen LogP) is -1.14. The fourth-order valence-corrected chi connectivity index (χ4v) is 4.49. The molecule has 12 nitrogen and oxygen atoms in total. The van der Waals surface area contributed by atoms with E-state index in [9.17, 15) is 16.8 Å². The average Bonchev–Trinajstić information content (AvgIpc) is 2.97. The molecule has 0 radical (unpaired) electrons. The Hall–Kier alpha value is -1.00. The van der Waals surface area contributed by atoms with E-state index in [1.165, 1.54) is 7.11 Å². The van der Waals surface area contributed by atoms with Crippen LogP contribution in [0.2, 0.25) is 0 Å². The lowest BCUT2D eigenvalue weighted by Crippen LogP contribution is -2.60. The van der Waals surface area contributed by atoms with Crippen LogP contribution in [-0.4, -0.2) is 67.0 Å². The quantitative estimate of drug-likeness (QED) is 0.524. The second kappa shape index (κ2) is 6.56. The fourth-order valence-electron chi connectivity index (χ4n) is 2.87. The maximum Gasteiger partial charge on any atom is 0.400 e. The van der Waals surface area contributed by atoms with E-state index in [1.807, 2.05) is 4.72 Å². The van der Waals surface area contributed by atoms with Crippen molar-refractivity contribution < 1.29 is 48.3 Å². The van der Waals surface area contributed by atoms with Crippen LogP contribution in [0.25, 0.3) is 0 Å². The van der Waals surface area contributed by atoms with Crippen LogP contribution < -0.4 is 4.72 Å². The van der Waals surface area contributed by atoms with Crippen molar-refractivity contribution in [2.45, 2.75) is 43.7 Å². The van der Waals surface area contributed by atoms with E-state index >= 15 is 0 Å². The third-order valence-corrected chi connectivity index (χ3v) is 5.52. The van der Waals surface area contributed by atoms with Crippen LogP contribution in [0.3, 0.4) is 0 Å². The van der Waals surface area contributed by atoms with E-state index in [-0.39, 0.29) is 6.61 Å². The Morgan fingerprint density at radius 3 is 2.73 bits per heavy atom. The van der Waals surface area contributed by atoms with Gasteiger partial charge in [-0.15, -0.1) is 0 Å². The fraction of sp³-hybridized carbons (Fsp3) is 0.833. The van der Waals surface area contributed by atoms with E-state index in [0.717, 1.165) is 12.5 Å². The van der Waals surface area contributed by atoms with Gasteiger partial charge in [-0.1, -0.05) is 0 Å². The number of hydrogen-bond donors (Lipinski definition) is 1. The van der Waals surface area contributed by atoms with E-state index in [2.05, 4.69) is 4.74 Å². The van der Waals surface area contributed by atoms with E-state index in [0.29, 0.717) is 0 Å². The summed E-state index contributed by atoms with van der Waals surface area (Å²) >= 11 is 0. The van der Waals surface area contributed by atoms with Crippen molar-refractivity contribution in [3.63, 3.8) is 0 Å². The van der Waals surface area contributed by atoms with Crippen LogP contribution in [0.4, 0.5) is 0 Å². The summed E-state index contributed by atoms with van der Waals surface area (Å²) in [5.41, 5.74) is 0. The molecule has 0 aromatic heterocycles. The lowest BCUT2D eigenvalue weighted by atomic mass is 9.98. The van der Waals surface area contributed by atoms with Gasteiger partial charge in [-0.3, -0.25) is 4.72 Å². The molecule has 3 fully saturated rings. The first-order valence-electron chi connectivity index (χ1n) is 7.45. The Morgan fingerprint density at radius 2 is 2.04 bits per heavy atom. The predicted molar refractivity (Wildman–Crippen MR) is 81.5 cm³/mol. The lowest BCUT2D eigenvalue weighted by molar-refractivity contribution is -0.290. The topological polar surface area (TPSA) is 145 Å².